The highest BCUT2D eigenvalue weighted by Crippen LogP contribution is 2.21. The fraction of sp³-hybridized carbons (Fsp3) is 0.200. The van der Waals surface area contributed by atoms with Gasteiger partial charge in [-0.3, -0.25) is 38.8 Å². The van der Waals surface area contributed by atoms with E-state index in [9.17, 15) is 28.8 Å². The zero-order valence-electron chi connectivity index (χ0n) is 16.7. The third-order valence-corrected chi connectivity index (χ3v) is 4.82. The minimum absolute atomic E-state index is 0.195. The standard InChI is InChI=1S/C20H18N4O6/c1-21-15(25)13(16(26)22(2)19(21)29)9-11-6-5-7-12(8-11)10-14-17(27)23(3)20(30)24(4)18(14)28/h5-10H,1-4H3. The van der Waals surface area contributed by atoms with Crippen LogP contribution in [0.3, 0.4) is 0 Å². The molecule has 0 unspecified atom stereocenters. The lowest BCUT2D eigenvalue weighted by Crippen LogP contribution is -2.53. The van der Waals surface area contributed by atoms with Crippen LogP contribution in [0.25, 0.3) is 12.2 Å². The van der Waals surface area contributed by atoms with Gasteiger partial charge in [0.15, 0.2) is 0 Å². The Kier molecular flexibility index (Phi) is 5.09. The molecule has 2 aliphatic rings. The normalized spacial score (nSPS) is 18.0. The molecule has 2 fully saturated rings. The van der Waals surface area contributed by atoms with Crippen molar-refractivity contribution in [2.45, 2.75) is 0 Å². The summed E-state index contributed by atoms with van der Waals surface area (Å²) < 4.78 is 0. The molecule has 0 bridgehead atoms. The van der Waals surface area contributed by atoms with Crippen LogP contribution in [-0.2, 0) is 19.2 Å². The van der Waals surface area contributed by atoms with Crippen molar-refractivity contribution in [3.8, 4) is 0 Å². The SMILES string of the molecule is CN1C(=O)C(=Cc2cccc(C=C3C(=O)N(C)C(=O)N(C)C3=O)c2)C(=O)N(C)C1=O. The largest absolute Gasteiger partial charge is 0.333 e. The Morgan fingerprint density at radius 3 is 1.17 bits per heavy atom. The molecule has 0 aliphatic carbocycles. The Hall–Kier alpha value is -4.08. The van der Waals surface area contributed by atoms with Crippen LogP contribution in [0.15, 0.2) is 35.4 Å². The molecule has 1 aromatic rings. The molecule has 0 aromatic heterocycles. The Labute approximate surface area is 171 Å². The number of nitrogens with zero attached hydrogens (tertiary/aromatic N) is 4. The Balaban J connectivity index is 1.99. The van der Waals surface area contributed by atoms with Crippen LogP contribution in [0.4, 0.5) is 9.59 Å². The van der Waals surface area contributed by atoms with Crippen molar-refractivity contribution >= 4 is 47.8 Å². The minimum Gasteiger partial charge on any atom is -0.268 e. The lowest BCUT2D eigenvalue weighted by molar-refractivity contribution is -0.135. The molecule has 10 heteroatoms. The maximum absolute atomic E-state index is 12.3. The molecule has 2 aliphatic heterocycles. The molecule has 0 radical (unpaired) electrons. The summed E-state index contributed by atoms with van der Waals surface area (Å²) >= 11 is 0. The summed E-state index contributed by atoms with van der Waals surface area (Å²) in [6, 6.07) is 4.98. The Morgan fingerprint density at radius 2 is 0.867 bits per heavy atom. The van der Waals surface area contributed by atoms with Crippen LogP contribution in [0.1, 0.15) is 11.1 Å². The predicted octanol–water partition coefficient (Wildman–Crippen LogP) is 0.554. The molecule has 0 N–H and O–H groups in total. The van der Waals surface area contributed by atoms with E-state index in [2.05, 4.69) is 0 Å². The first kappa shape index (κ1) is 20.6. The molecular formula is C20H18N4O6. The summed E-state index contributed by atoms with van der Waals surface area (Å²) in [5, 5.41) is 0. The van der Waals surface area contributed by atoms with E-state index in [4.69, 9.17) is 0 Å². The zero-order valence-corrected chi connectivity index (χ0v) is 16.7. The van der Waals surface area contributed by atoms with Gasteiger partial charge in [-0.1, -0.05) is 18.2 Å². The van der Waals surface area contributed by atoms with Crippen molar-refractivity contribution in [1.82, 2.24) is 19.6 Å². The van der Waals surface area contributed by atoms with Gasteiger partial charge in [-0.15, -0.1) is 0 Å². The van der Waals surface area contributed by atoms with E-state index in [-0.39, 0.29) is 11.1 Å². The number of carbonyl (C=O) groups is 6. The highest BCUT2D eigenvalue weighted by molar-refractivity contribution is 6.31. The first-order valence-corrected chi connectivity index (χ1v) is 8.78. The maximum Gasteiger partial charge on any atom is 0.333 e. The predicted molar refractivity (Wildman–Crippen MR) is 104 cm³/mol. The van der Waals surface area contributed by atoms with Crippen LogP contribution < -0.4 is 0 Å². The molecule has 0 spiro atoms. The smallest absolute Gasteiger partial charge is 0.268 e. The molecule has 2 saturated heterocycles. The van der Waals surface area contributed by atoms with Gasteiger partial charge in [-0.05, 0) is 29.3 Å². The second-order valence-corrected chi connectivity index (χ2v) is 6.81. The van der Waals surface area contributed by atoms with E-state index >= 15 is 0 Å². The maximum atomic E-state index is 12.3. The van der Waals surface area contributed by atoms with E-state index in [0.29, 0.717) is 11.1 Å². The molecular weight excluding hydrogens is 392 g/mol. The second-order valence-electron chi connectivity index (χ2n) is 6.81. The van der Waals surface area contributed by atoms with Gasteiger partial charge in [0.25, 0.3) is 23.6 Å². The summed E-state index contributed by atoms with van der Waals surface area (Å²) in [6.45, 7) is 0. The van der Waals surface area contributed by atoms with Crippen molar-refractivity contribution < 1.29 is 28.8 Å². The average Bonchev–Trinajstić information content (AvgIpc) is 2.74. The number of amides is 8. The fourth-order valence-corrected chi connectivity index (χ4v) is 3.02. The second kappa shape index (κ2) is 7.39. The summed E-state index contributed by atoms with van der Waals surface area (Å²) in [5.74, 6) is -2.92. The van der Waals surface area contributed by atoms with Crippen molar-refractivity contribution in [2.24, 2.45) is 0 Å². The van der Waals surface area contributed by atoms with Crippen molar-refractivity contribution in [3.63, 3.8) is 0 Å². The van der Waals surface area contributed by atoms with Crippen LogP contribution in [-0.4, -0.2) is 83.5 Å². The van der Waals surface area contributed by atoms with Crippen molar-refractivity contribution in [3.05, 3.63) is 46.5 Å². The molecule has 8 amide bonds. The molecule has 0 atom stereocenters. The van der Waals surface area contributed by atoms with Gasteiger partial charge in [0.05, 0.1) is 0 Å². The number of hydrogen-bond donors (Lipinski definition) is 0. The third-order valence-electron chi connectivity index (χ3n) is 4.82. The van der Waals surface area contributed by atoms with Gasteiger partial charge in [-0.2, -0.15) is 0 Å². The van der Waals surface area contributed by atoms with Gasteiger partial charge in [-0.25, -0.2) is 9.59 Å². The van der Waals surface area contributed by atoms with Gasteiger partial charge in [0.1, 0.15) is 11.1 Å². The number of likely N-dealkylation sites (N-methyl/N-ethyl adjacent to an activating group) is 4. The van der Waals surface area contributed by atoms with Crippen LogP contribution in [0, 0.1) is 0 Å². The van der Waals surface area contributed by atoms with E-state index in [1.54, 1.807) is 24.3 Å². The number of hydrogen-bond acceptors (Lipinski definition) is 6. The zero-order chi connectivity index (χ0) is 22.3. The highest BCUT2D eigenvalue weighted by atomic mass is 16.2. The molecule has 2 heterocycles. The Morgan fingerprint density at radius 1 is 0.567 bits per heavy atom. The van der Waals surface area contributed by atoms with Gasteiger partial charge in [0.2, 0.25) is 0 Å². The molecule has 0 saturated carbocycles. The van der Waals surface area contributed by atoms with E-state index in [1.807, 2.05) is 0 Å². The topological polar surface area (TPSA) is 115 Å². The molecule has 1 aromatic carbocycles. The monoisotopic (exact) mass is 410 g/mol. The lowest BCUT2D eigenvalue weighted by atomic mass is 10.0. The van der Waals surface area contributed by atoms with Gasteiger partial charge in [0, 0.05) is 28.2 Å². The summed E-state index contributed by atoms with van der Waals surface area (Å²) in [5.41, 5.74) is 0.509. The van der Waals surface area contributed by atoms with Crippen LogP contribution >= 0.6 is 0 Å². The highest BCUT2D eigenvalue weighted by Gasteiger charge is 2.38. The van der Waals surface area contributed by atoms with Crippen molar-refractivity contribution in [2.75, 3.05) is 28.2 Å². The number of rotatable bonds is 2. The number of urea groups is 2. The van der Waals surface area contributed by atoms with E-state index in [1.165, 1.54) is 40.3 Å². The average molecular weight is 410 g/mol. The quantitative estimate of drug-likeness (QED) is 0.520. The lowest BCUT2D eigenvalue weighted by Gasteiger charge is -2.29. The first-order chi connectivity index (χ1) is 14.0. The van der Waals surface area contributed by atoms with Gasteiger partial charge >= 0.3 is 12.1 Å². The summed E-state index contributed by atoms with van der Waals surface area (Å²) in [7, 11) is 5.10. The van der Waals surface area contributed by atoms with E-state index < -0.39 is 35.7 Å². The van der Waals surface area contributed by atoms with Crippen LogP contribution in [0.5, 0.6) is 0 Å². The Bertz CT molecular complexity index is 953. The van der Waals surface area contributed by atoms with Crippen LogP contribution in [0.2, 0.25) is 0 Å². The number of benzene rings is 1. The molecule has 30 heavy (non-hydrogen) atoms. The summed E-state index contributed by atoms with van der Waals surface area (Å²) in [6.07, 6.45) is 2.66. The molecule has 3 rings (SSSR count). The van der Waals surface area contributed by atoms with Gasteiger partial charge < -0.3 is 0 Å². The molecule has 10 nitrogen and oxygen atoms in total. The summed E-state index contributed by atoms with van der Waals surface area (Å²) in [4.78, 5) is 76.3. The molecule has 154 valence electrons. The number of carbonyl (C=O) groups excluding carboxylic acids is 6. The van der Waals surface area contributed by atoms with Crippen molar-refractivity contribution in [1.29, 1.82) is 0 Å². The third kappa shape index (κ3) is 3.28. The number of imide groups is 4. The first-order valence-electron chi connectivity index (χ1n) is 8.78. The minimum atomic E-state index is -0.730. The van der Waals surface area contributed by atoms with E-state index in [0.717, 1.165) is 19.6 Å². The fourth-order valence-electron chi connectivity index (χ4n) is 3.02. The number of barbiturate groups is 2.